The molecule has 0 aromatic heterocycles. The lowest BCUT2D eigenvalue weighted by molar-refractivity contribution is 0.422. The van der Waals surface area contributed by atoms with Gasteiger partial charge in [0, 0.05) is 10.6 Å². The Kier molecular flexibility index (Phi) is 3.89. The molecule has 0 unspecified atom stereocenters. The van der Waals surface area contributed by atoms with Crippen molar-refractivity contribution in [1.82, 2.24) is 0 Å². The Morgan fingerprint density at radius 3 is 2.40 bits per heavy atom. The topological polar surface area (TPSA) is 20.2 Å². The summed E-state index contributed by atoms with van der Waals surface area (Å²) in [5, 5.41) is 9.58. The Labute approximate surface area is 66.3 Å². The van der Waals surface area contributed by atoms with Crippen molar-refractivity contribution in [3.63, 3.8) is 0 Å². The average Bonchev–Trinajstić information content (AvgIpc) is 2.00. The predicted molar refractivity (Wildman–Crippen MR) is 45.1 cm³/mol. The summed E-state index contributed by atoms with van der Waals surface area (Å²) in [6, 6.07) is 0. The molecule has 0 aliphatic carbocycles. The lowest BCUT2D eigenvalue weighted by Gasteiger charge is -1.98. The van der Waals surface area contributed by atoms with Crippen LogP contribution in [-0.4, -0.2) is 5.11 Å². The second-order valence-corrected chi connectivity index (χ2v) is 2.26. The molecule has 0 saturated heterocycles. The highest BCUT2D eigenvalue weighted by molar-refractivity contribution is 6.31. The summed E-state index contributed by atoms with van der Waals surface area (Å²) in [5.74, 6) is 0.199. The van der Waals surface area contributed by atoms with Crippen molar-refractivity contribution >= 4 is 11.6 Å². The highest BCUT2D eigenvalue weighted by atomic mass is 35.5. The van der Waals surface area contributed by atoms with Crippen LogP contribution in [0.15, 0.2) is 35.1 Å². The van der Waals surface area contributed by atoms with Gasteiger partial charge in [0.1, 0.15) is 5.76 Å². The van der Waals surface area contributed by atoms with Gasteiger partial charge >= 0.3 is 0 Å². The minimum Gasteiger partial charge on any atom is -0.508 e. The molecule has 10 heavy (non-hydrogen) atoms. The van der Waals surface area contributed by atoms with Gasteiger partial charge in [-0.05, 0) is 19.9 Å². The van der Waals surface area contributed by atoms with Crippen molar-refractivity contribution in [3.8, 4) is 0 Å². The number of halogens is 1. The quantitative estimate of drug-likeness (QED) is 0.484. The van der Waals surface area contributed by atoms with Crippen LogP contribution in [0, 0.1) is 0 Å². The maximum absolute atomic E-state index is 9.10. The zero-order chi connectivity index (χ0) is 8.15. The molecular formula is C8H11ClO. The lowest BCUT2D eigenvalue weighted by atomic mass is 10.2. The average molecular weight is 159 g/mol. The molecule has 0 saturated carbocycles. The second-order valence-electron chi connectivity index (χ2n) is 1.85. The van der Waals surface area contributed by atoms with E-state index in [4.69, 9.17) is 16.7 Å². The molecule has 56 valence electrons. The van der Waals surface area contributed by atoms with Gasteiger partial charge in [0.2, 0.25) is 0 Å². The minimum absolute atomic E-state index is 0.199. The van der Waals surface area contributed by atoms with Crippen molar-refractivity contribution < 1.29 is 5.11 Å². The van der Waals surface area contributed by atoms with Gasteiger partial charge in [-0.15, -0.1) is 0 Å². The van der Waals surface area contributed by atoms with E-state index < -0.39 is 0 Å². The van der Waals surface area contributed by atoms with Crippen LogP contribution < -0.4 is 0 Å². The van der Waals surface area contributed by atoms with Crippen LogP contribution in [0.5, 0.6) is 0 Å². The molecule has 0 heterocycles. The highest BCUT2D eigenvalue weighted by Crippen LogP contribution is 2.15. The molecule has 0 aromatic carbocycles. The minimum atomic E-state index is 0.199. The highest BCUT2D eigenvalue weighted by Gasteiger charge is 1.97. The zero-order valence-corrected chi connectivity index (χ0v) is 6.94. The monoisotopic (exact) mass is 158 g/mol. The summed E-state index contributed by atoms with van der Waals surface area (Å²) in [7, 11) is 0. The molecule has 0 spiro atoms. The molecule has 0 aromatic rings. The summed E-state index contributed by atoms with van der Waals surface area (Å²) < 4.78 is 0. The van der Waals surface area contributed by atoms with Crippen molar-refractivity contribution in [2.24, 2.45) is 0 Å². The lowest BCUT2D eigenvalue weighted by Crippen LogP contribution is -1.83. The molecular weight excluding hydrogens is 148 g/mol. The van der Waals surface area contributed by atoms with Gasteiger partial charge in [0.15, 0.2) is 0 Å². The Bertz CT molecular complexity index is 189. The van der Waals surface area contributed by atoms with E-state index >= 15 is 0 Å². The van der Waals surface area contributed by atoms with E-state index in [1.165, 1.54) is 6.08 Å². The van der Waals surface area contributed by atoms with Crippen LogP contribution in [0.2, 0.25) is 0 Å². The largest absolute Gasteiger partial charge is 0.508 e. The number of aliphatic hydroxyl groups is 1. The first kappa shape index (κ1) is 9.31. The third-order valence-corrected chi connectivity index (χ3v) is 1.63. The number of hydrogen-bond acceptors (Lipinski definition) is 1. The summed E-state index contributed by atoms with van der Waals surface area (Å²) in [6.07, 6.45) is 3.08. The fourth-order valence-electron chi connectivity index (χ4n) is 0.492. The summed E-state index contributed by atoms with van der Waals surface area (Å²) >= 11 is 5.65. The van der Waals surface area contributed by atoms with Crippen molar-refractivity contribution in [1.29, 1.82) is 0 Å². The van der Waals surface area contributed by atoms with E-state index in [1.54, 1.807) is 19.9 Å². The van der Waals surface area contributed by atoms with E-state index in [0.717, 1.165) is 0 Å². The third kappa shape index (κ3) is 2.28. The van der Waals surface area contributed by atoms with Gasteiger partial charge in [0.05, 0.1) is 0 Å². The van der Waals surface area contributed by atoms with E-state index in [2.05, 4.69) is 6.58 Å². The first-order valence-corrected chi connectivity index (χ1v) is 3.35. The van der Waals surface area contributed by atoms with Crippen LogP contribution >= 0.6 is 11.6 Å². The molecule has 0 rings (SSSR count). The van der Waals surface area contributed by atoms with Gasteiger partial charge in [0.25, 0.3) is 0 Å². The smallest absolute Gasteiger partial charge is 0.115 e. The van der Waals surface area contributed by atoms with Crippen molar-refractivity contribution in [3.05, 3.63) is 35.1 Å². The van der Waals surface area contributed by atoms with Crippen molar-refractivity contribution in [2.45, 2.75) is 13.8 Å². The maximum atomic E-state index is 9.10. The summed E-state index contributed by atoms with van der Waals surface area (Å²) in [4.78, 5) is 0. The molecule has 1 nitrogen and oxygen atoms in total. The zero-order valence-electron chi connectivity index (χ0n) is 6.19. The van der Waals surface area contributed by atoms with Crippen LogP contribution in [-0.2, 0) is 0 Å². The number of hydrogen-bond donors (Lipinski definition) is 1. The fourth-order valence-corrected chi connectivity index (χ4v) is 0.589. The molecule has 0 fully saturated rings. The molecule has 2 heteroatoms. The molecule has 0 aliphatic heterocycles. The Balaban J connectivity index is 4.63. The normalized spacial score (nSPS) is 14.5. The Hall–Kier alpha value is -0.690. The van der Waals surface area contributed by atoms with Crippen LogP contribution in [0.25, 0.3) is 0 Å². The van der Waals surface area contributed by atoms with Crippen LogP contribution in [0.1, 0.15) is 13.8 Å². The van der Waals surface area contributed by atoms with Crippen LogP contribution in [0.4, 0.5) is 0 Å². The maximum Gasteiger partial charge on any atom is 0.115 e. The Morgan fingerprint density at radius 2 is 2.10 bits per heavy atom. The van der Waals surface area contributed by atoms with E-state index in [0.29, 0.717) is 10.6 Å². The van der Waals surface area contributed by atoms with Gasteiger partial charge in [-0.3, -0.25) is 0 Å². The third-order valence-electron chi connectivity index (χ3n) is 1.20. The molecule has 0 amide bonds. The van der Waals surface area contributed by atoms with Gasteiger partial charge in [-0.25, -0.2) is 0 Å². The summed E-state index contributed by atoms with van der Waals surface area (Å²) in [6.45, 7) is 6.95. The van der Waals surface area contributed by atoms with E-state index in [-0.39, 0.29) is 5.76 Å². The molecule has 0 atom stereocenters. The van der Waals surface area contributed by atoms with Gasteiger partial charge in [-0.2, -0.15) is 0 Å². The number of rotatable bonds is 2. The molecule has 1 N–H and O–H groups in total. The van der Waals surface area contributed by atoms with E-state index in [1.807, 2.05) is 0 Å². The Morgan fingerprint density at radius 1 is 1.60 bits per heavy atom. The standard InChI is InChI=1S/C8H11ClO/c1-4-7(9)6(3)8(10)5-2/h4-5,10H,1H2,2-3H3/b7-6+,8-5+. The van der Waals surface area contributed by atoms with Crippen molar-refractivity contribution in [2.75, 3.05) is 0 Å². The van der Waals surface area contributed by atoms with Crippen LogP contribution in [0.3, 0.4) is 0 Å². The van der Waals surface area contributed by atoms with E-state index in [9.17, 15) is 0 Å². The first-order chi connectivity index (χ1) is 4.63. The predicted octanol–water partition coefficient (Wildman–Crippen LogP) is 3.15. The van der Waals surface area contributed by atoms with Gasteiger partial charge in [-0.1, -0.05) is 24.3 Å². The molecule has 0 bridgehead atoms. The SMILES string of the molecule is C=C/C(Cl)=C(C)\C(O)=C/C. The molecule has 0 aliphatic rings. The fraction of sp³-hybridized carbons (Fsp3) is 0.250. The van der Waals surface area contributed by atoms with Gasteiger partial charge < -0.3 is 5.11 Å². The second kappa shape index (κ2) is 4.18. The molecule has 0 radical (unpaired) electrons. The summed E-state index contributed by atoms with van der Waals surface area (Å²) in [5.41, 5.74) is 0.652. The number of aliphatic hydroxyl groups excluding tert-OH is 1. The first-order valence-electron chi connectivity index (χ1n) is 2.98. The number of allylic oxidation sites excluding steroid dienone is 4.